The minimum Gasteiger partial charge on any atom is -0.448 e. The van der Waals surface area contributed by atoms with Crippen LogP contribution >= 0.6 is 0 Å². The molecule has 0 aliphatic carbocycles. The van der Waals surface area contributed by atoms with E-state index in [0.717, 1.165) is 12.0 Å². The van der Waals surface area contributed by atoms with Crippen LogP contribution in [0.1, 0.15) is 48.2 Å². The van der Waals surface area contributed by atoms with E-state index in [4.69, 9.17) is 4.74 Å². The summed E-state index contributed by atoms with van der Waals surface area (Å²) in [6.45, 7) is 5.73. The van der Waals surface area contributed by atoms with Crippen molar-refractivity contribution < 1.29 is 19.1 Å². The fraction of sp³-hybridized carbons (Fsp3) is 0.375. The Morgan fingerprint density at radius 1 is 1.07 bits per heavy atom. The molecule has 0 radical (unpaired) electrons. The van der Waals surface area contributed by atoms with E-state index in [1.165, 1.54) is 5.56 Å². The number of hydrogen-bond donors (Lipinski definition) is 1. The molecule has 3 rings (SSSR count). The van der Waals surface area contributed by atoms with Gasteiger partial charge in [0.15, 0.2) is 5.78 Å². The van der Waals surface area contributed by atoms with E-state index in [1.807, 2.05) is 42.5 Å². The van der Waals surface area contributed by atoms with Crippen molar-refractivity contribution in [1.82, 2.24) is 4.90 Å². The molecule has 2 aromatic rings. The molecule has 1 saturated heterocycles. The molecule has 1 heterocycles. The smallest absolute Gasteiger partial charge is 0.410 e. The second-order valence-electron chi connectivity index (χ2n) is 8.00. The van der Waals surface area contributed by atoms with Crippen molar-refractivity contribution in [2.75, 3.05) is 18.5 Å². The minimum atomic E-state index is -0.319. The standard InChI is InChI=1S/C24H28N2O4/c1-17(2)14-18-6-8-20(9-7-18)22(27)10-11-23(28)25-21-5-3-4-19(15-21)16-26-12-13-30-24(26)29/h3-9,15,17H,10-14,16H2,1-2H3,(H,25,28). The number of ether oxygens (including phenoxy) is 1. The molecular weight excluding hydrogens is 380 g/mol. The second kappa shape index (κ2) is 10.1. The van der Waals surface area contributed by atoms with Crippen LogP contribution < -0.4 is 5.32 Å². The highest BCUT2D eigenvalue weighted by Crippen LogP contribution is 2.16. The molecule has 30 heavy (non-hydrogen) atoms. The Labute approximate surface area is 177 Å². The first-order chi connectivity index (χ1) is 14.4. The molecule has 6 nitrogen and oxygen atoms in total. The first kappa shape index (κ1) is 21.6. The second-order valence-corrected chi connectivity index (χ2v) is 8.00. The van der Waals surface area contributed by atoms with Gasteiger partial charge >= 0.3 is 6.09 Å². The number of carbonyl (C=O) groups excluding carboxylic acids is 3. The lowest BCUT2D eigenvalue weighted by molar-refractivity contribution is -0.116. The first-order valence-corrected chi connectivity index (χ1v) is 10.3. The summed E-state index contributed by atoms with van der Waals surface area (Å²) < 4.78 is 4.93. The molecule has 6 heteroatoms. The molecule has 0 spiro atoms. The Hall–Kier alpha value is -3.15. The van der Waals surface area contributed by atoms with Crippen molar-refractivity contribution in [3.63, 3.8) is 0 Å². The molecule has 1 fully saturated rings. The molecule has 2 amide bonds. The zero-order valence-electron chi connectivity index (χ0n) is 17.5. The van der Waals surface area contributed by atoms with Crippen LogP contribution in [-0.2, 0) is 22.5 Å². The van der Waals surface area contributed by atoms with Crippen LogP contribution in [-0.4, -0.2) is 35.8 Å². The molecule has 0 bridgehead atoms. The Bertz CT molecular complexity index is 906. The lowest BCUT2D eigenvalue weighted by atomic mass is 9.99. The summed E-state index contributed by atoms with van der Waals surface area (Å²) in [5, 5.41) is 2.83. The van der Waals surface area contributed by atoms with E-state index in [0.29, 0.717) is 36.9 Å². The molecule has 0 saturated carbocycles. The molecule has 0 aromatic heterocycles. The van der Waals surface area contributed by atoms with Gasteiger partial charge in [-0.25, -0.2) is 4.79 Å². The van der Waals surface area contributed by atoms with E-state index in [2.05, 4.69) is 19.2 Å². The highest BCUT2D eigenvalue weighted by Gasteiger charge is 2.21. The number of Topliss-reactive ketones (excluding diaryl/α,β-unsaturated/α-hetero) is 1. The van der Waals surface area contributed by atoms with Crippen LogP contribution in [0.25, 0.3) is 0 Å². The third-order valence-electron chi connectivity index (χ3n) is 4.93. The van der Waals surface area contributed by atoms with Crippen molar-refractivity contribution in [2.45, 2.75) is 39.7 Å². The van der Waals surface area contributed by atoms with Crippen molar-refractivity contribution in [3.8, 4) is 0 Å². The van der Waals surface area contributed by atoms with Gasteiger partial charge in [-0.3, -0.25) is 9.59 Å². The summed E-state index contributed by atoms with van der Waals surface area (Å²) in [5.74, 6) is 0.318. The van der Waals surface area contributed by atoms with Gasteiger partial charge in [-0.1, -0.05) is 50.2 Å². The highest BCUT2D eigenvalue weighted by atomic mass is 16.6. The van der Waals surface area contributed by atoms with Gasteiger partial charge in [-0.05, 0) is 35.6 Å². The summed E-state index contributed by atoms with van der Waals surface area (Å²) >= 11 is 0. The summed E-state index contributed by atoms with van der Waals surface area (Å²) in [7, 11) is 0. The van der Waals surface area contributed by atoms with E-state index < -0.39 is 0 Å². The van der Waals surface area contributed by atoms with Gasteiger partial charge in [0.1, 0.15) is 6.61 Å². The van der Waals surface area contributed by atoms with Crippen LogP contribution in [0.5, 0.6) is 0 Å². The average Bonchev–Trinajstić information content (AvgIpc) is 3.11. The van der Waals surface area contributed by atoms with Gasteiger partial charge in [0.05, 0.1) is 6.54 Å². The number of anilines is 1. The van der Waals surface area contributed by atoms with Crippen LogP contribution in [0, 0.1) is 5.92 Å². The number of nitrogens with one attached hydrogen (secondary N) is 1. The number of carbonyl (C=O) groups is 3. The van der Waals surface area contributed by atoms with Crippen molar-refractivity contribution in [2.24, 2.45) is 5.92 Å². The van der Waals surface area contributed by atoms with E-state index in [1.54, 1.807) is 11.0 Å². The van der Waals surface area contributed by atoms with E-state index >= 15 is 0 Å². The van der Waals surface area contributed by atoms with E-state index in [-0.39, 0.29) is 30.6 Å². The van der Waals surface area contributed by atoms with Crippen LogP contribution in [0.4, 0.5) is 10.5 Å². The topological polar surface area (TPSA) is 75.7 Å². The molecule has 1 aliphatic rings. The third kappa shape index (κ3) is 6.17. The Balaban J connectivity index is 1.49. The Kier molecular flexibility index (Phi) is 7.22. The molecule has 0 atom stereocenters. The number of amides is 2. The maximum Gasteiger partial charge on any atom is 0.410 e. The van der Waals surface area contributed by atoms with Crippen LogP contribution in [0.2, 0.25) is 0 Å². The van der Waals surface area contributed by atoms with Crippen molar-refractivity contribution >= 4 is 23.5 Å². The van der Waals surface area contributed by atoms with Crippen LogP contribution in [0.15, 0.2) is 48.5 Å². The van der Waals surface area contributed by atoms with Crippen molar-refractivity contribution in [1.29, 1.82) is 0 Å². The van der Waals surface area contributed by atoms with E-state index in [9.17, 15) is 14.4 Å². The number of nitrogens with zero attached hydrogens (tertiary/aromatic N) is 1. The quantitative estimate of drug-likeness (QED) is 0.623. The zero-order valence-corrected chi connectivity index (χ0v) is 17.5. The average molecular weight is 408 g/mol. The predicted octanol–water partition coefficient (Wildman–Crippen LogP) is 4.44. The fourth-order valence-electron chi connectivity index (χ4n) is 3.43. The number of benzene rings is 2. The van der Waals surface area contributed by atoms with Gasteiger partial charge in [0, 0.05) is 30.6 Å². The minimum absolute atomic E-state index is 0.0393. The van der Waals surface area contributed by atoms with Gasteiger partial charge in [-0.15, -0.1) is 0 Å². The van der Waals surface area contributed by atoms with Crippen molar-refractivity contribution in [3.05, 3.63) is 65.2 Å². The number of ketones is 1. The highest BCUT2D eigenvalue weighted by molar-refractivity contribution is 6.00. The lowest BCUT2D eigenvalue weighted by Crippen LogP contribution is -2.23. The summed E-state index contributed by atoms with van der Waals surface area (Å²) in [5.41, 5.74) is 3.40. The normalized spacial score (nSPS) is 13.4. The number of rotatable bonds is 9. The molecule has 0 unspecified atom stereocenters. The Morgan fingerprint density at radius 3 is 2.50 bits per heavy atom. The molecule has 158 valence electrons. The number of hydrogen-bond acceptors (Lipinski definition) is 4. The lowest BCUT2D eigenvalue weighted by Gasteiger charge is -2.13. The Morgan fingerprint density at radius 2 is 1.83 bits per heavy atom. The largest absolute Gasteiger partial charge is 0.448 e. The van der Waals surface area contributed by atoms with Gasteiger partial charge in [0.2, 0.25) is 5.91 Å². The van der Waals surface area contributed by atoms with Crippen LogP contribution in [0.3, 0.4) is 0 Å². The molecule has 1 aliphatic heterocycles. The fourth-order valence-corrected chi connectivity index (χ4v) is 3.43. The monoisotopic (exact) mass is 408 g/mol. The van der Waals surface area contributed by atoms with Gasteiger partial charge < -0.3 is 15.0 Å². The first-order valence-electron chi connectivity index (χ1n) is 10.3. The maximum atomic E-state index is 12.4. The summed E-state index contributed by atoms with van der Waals surface area (Å²) in [6.07, 6.45) is 0.943. The molecule has 1 N–H and O–H groups in total. The summed E-state index contributed by atoms with van der Waals surface area (Å²) in [4.78, 5) is 37.9. The summed E-state index contributed by atoms with van der Waals surface area (Å²) in [6, 6.07) is 15.0. The molecule has 2 aromatic carbocycles. The predicted molar refractivity (Wildman–Crippen MR) is 115 cm³/mol. The van der Waals surface area contributed by atoms with Gasteiger partial charge in [-0.2, -0.15) is 0 Å². The third-order valence-corrected chi connectivity index (χ3v) is 4.93. The van der Waals surface area contributed by atoms with Gasteiger partial charge in [0.25, 0.3) is 0 Å². The zero-order chi connectivity index (χ0) is 21.5. The maximum absolute atomic E-state index is 12.4. The molecular formula is C24H28N2O4. The number of cyclic esters (lactones) is 1. The SMILES string of the molecule is CC(C)Cc1ccc(C(=O)CCC(=O)Nc2cccc(CN3CCOC3=O)c2)cc1.